The minimum absolute atomic E-state index is 0.152. The first-order chi connectivity index (χ1) is 13.0. The summed E-state index contributed by atoms with van der Waals surface area (Å²) < 4.78 is 0. The number of hydrogen-bond donors (Lipinski definition) is 4. The van der Waals surface area contributed by atoms with Gasteiger partial charge in [-0.05, 0) is 42.3 Å². The van der Waals surface area contributed by atoms with Crippen LogP contribution >= 0.6 is 0 Å². The number of aromatic hydroxyl groups is 1. The number of H-pyrrole nitrogens is 1. The van der Waals surface area contributed by atoms with Gasteiger partial charge in [0.15, 0.2) is 0 Å². The maximum absolute atomic E-state index is 12.0. The van der Waals surface area contributed by atoms with E-state index in [9.17, 15) is 14.7 Å². The molecule has 1 heterocycles. The predicted octanol–water partition coefficient (Wildman–Crippen LogP) is 2.65. The second-order valence-corrected chi connectivity index (χ2v) is 6.48. The summed E-state index contributed by atoms with van der Waals surface area (Å²) in [7, 11) is 0. The van der Waals surface area contributed by atoms with E-state index < -0.39 is 10.9 Å². The Labute approximate surface area is 154 Å². The van der Waals surface area contributed by atoms with Gasteiger partial charge in [0.1, 0.15) is 17.1 Å². The standard InChI is InChI=1S/C20H18N4O3/c1-11(13-3-2-4-14(25)8-13)24-18-17(19(26)20(18)27)21-9-12-5-6-15-16(7-12)23-10-22-15/h2-8,10-11,21,24-25H,9H2,1H3,(H,22,23)/t11-/m0/s1. The SMILES string of the molecule is C[C@H](Nc1c(NCc2ccc3nc[nH]c3c2)c(=O)c1=O)c1cccc(O)c1. The Morgan fingerprint density at radius 3 is 2.74 bits per heavy atom. The number of benzene rings is 2. The fourth-order valence-corrected chi connectivity index (χ4v) is 3.08. The molecule has 0 saturated heterocycles. The second-order valence-electron chi connectivity index (χ2n) is 6.48. The smallest absolute Gasteiger partial charge is 0.253 e. The highest BCUT2D eigenvalue weighted by molar-refractivity contribution is 5.76. The number of aromatic nitrogens is 2. The number of fused-ring (bicyclic) bond motifs is 1. The van der Waals surface area contributed by atoms with Crippen molar-refractivity contribution < 1.29 is 5.11 Å². The molecule has 4 aromatic rings. The Balaban J connectivity index is 1.50. The van der Waals surface area contributed by atoms with Crippen molar-refractivity contribution in [3.8, 4) is 5.75 Å². The van der Waals surface area contributed by atoms with Crippen molar-refractivity contribution in [2.45, 2.75) is 19.5 Å². The number of rotatable bonds is 6. The summed E-state index contributed by atoms with van der Waals surface area (Å²) in [6.07, 6.45) is 1.63. The van der Waals surface area contributed by atoms with E-state index in [2.05, 4.69) is 20.6 Å². The van der Waals surface area contributed by atoms with Gasteiger partial charge in [-0.15, -0.1) is 0 Å². The van der Waals surface area contributed by atoms with Crippen LogP contribution < -0.4 is 21.5 Å². The van der Waals surface area contributed by atoms with Gasteiger partial charge in [-0.1, -0.05) is 18.2 Å². The van der Waals surface area contributed by atoms with Crippen molar-refractivity contribution in [3.63, 3.8) is 0 Å². The summed E-state index contributed by atoms with van der Waals surface area (Å²) in [6, 6.07) is 12.3. The Kier molecular flexibility index (Phi) is 4.12. The maximum Gasteiger partial charge on any atom is 0.253 e. The molecule has 0 aliphatic carbocycles. The van der Waals surface area contributed by atoms with Crippen LogP contribution in [0.2, 0.25) is 0 Å². The van der Waals surface area contributed by atoms with Crippen molar-refractivity contribution in [2.75, 3.05) is 10.6 Å². The number of nitrogens with one attached hydrogen (secondary N) is 3. The average Bonchev–Trinajstić information content (AvgIpc) is 3.14. The lowest BCUT2D eigenvalue weighted by Crippen LogP contribution is -2.37. The zero-order valence-electron chi connectivity index (χ0n) is 14.6. The molecule has 0 aliphatic rings. The number of phenols is 1. The number of anilines is 2. The van der Waals surface area contributed by atoms with Crippen LogP contribution in [0.5, 0.6) is 5.75 Å². The van der Waals surface area contributed by atoms with Crippen molar-refractivity contribution in [3.05, 3.63) is 80.4 Å². The predicted molar refractivity (Wildman–Crippen MR) is 105 cm³/mol. The zero-order valence-corrected chi connectivity index (χ0v) is 14.6. The topological polar surface area (TPSA) is 107 Å². The molecule has 0 saturated carbocycles. The Morgan fingerprint density at radius 2 is 1.93 bits per heavy atom. The molecule has 3 aromatic carbocycles. The number of aromatic amines is 1. The fraction of sp³-hybridized carbons (Fsp3) is 0.150. The van der Waals surface area contributed by atoms with Crippen molar-refractivity contribution in [2.24, 2.45) is 0 Å². The first kappa shape index (κ1) is 16.8. The summed E-state index contributed by atoms with van der Waals surface area (Å²) >= 11 is 0. The van der Waals surface area contributed by atoms with Gasteiger partial charge in [0.2, 0.25) is 0 Å². The third-order valence-corrected chi connectivity index (χ3v) is 4.60. The molecule has 0 bridgehead atoms. The van der Waals surface area contributed by atoms with Crippen LogP contribution in [0, 0.1) is 0 Å². The minimum Gasteiger partial charge on any atom is -0.508 e. The fourth-order valence-electron chi connectivity index (χ4n) is 3.08. The lowest BCUT2D eigenvalue weighted by atomic mass is 10.1. The van der Waals surface area contributed by atoms with Gasteiger partial charge in [-0.2, -0.15) is 0 Å². The van der Waals surface area contributed by atoms with Crippen molar-refractivity contribution in [1.29, 1.82) is 0 Å². The van der Waals surface area contributed by atoms with Crippen molar-refractivity contribution >= 4 is 22.4 Å². The summed E-state index contributed by atoms with van der Waals surface area (Å²) in [5, 5.41) is 15.7. The normalized spacial score (nSPS) is 12.3. The van der Waals surface area contributed by atoms with Gasteiger partial charge in [0.05, 0.1) is 17.4 Å². The minimum atomic E-state index is -0.534. The highest BCUT2D eigenvalue weighted by Gasteiger charge is 2.22. The maximum atomic E-state index is 12.0. The van der Waals surface area contributed by atoms with Gasteiger partial charge >= 0.3 is 0 Å². The summed E-state index contributed by atoms with van der Waals surface area (Å²) in [5.74, 6) is 0.152. The Hall–Kier alpha value is -3.61. The van der Waals surface area contributed by atoms with E-state index in [-0.39, 0.29) is 23.2 Å². The van der Waals surface area contributed by atoms with E-state index in [1.807, 2.05) is 31.2 Å². The summed E-state index contributed by atoms with van der Waals surface area (Å²) in [5.41, 5.74) is 3.07. The van der Waals surface area contributed by atoms with E-state index >= 15 is 0 Å². The van der Waals surface area contributed by atoms with E-state index in [4.69, 9.17) is 0 Å². The van der Waals surface area contributed by atoms with Crippen LogP contribution in [0.1, 0.15) is 24.1 Å². The van der Waals surface area contributed by atoms with E-state index in [0.717, 1.165) is 22.2 Å². The monoisotopic (exact) mass is 362 g/mol. The van der Waals surface area contributed by atoms with Crippen LogP contribution in [0.4, 0.5) is 11.4 Å². The molecule has 0 radical (unpaired) electrons. The van der Waals surface area contributed by atoms with Crippen LogP contribution in [0.3, 0.4) is 0 Å². The van der Waals surface area contributed by atoms with Crippen LogP contribution in [0.15, 0.2) is 58.4 Å². The number of phenolic OH excluding ortho intramolecular Hbond substituents is 1. The van der Waals surface area contributed by atoms with Gasteiger partial charge in [-0.25, -0.2) is 4.98 Å². The molecular weight excluding hydrogens is 344 g/mol. The molecule has 1 atom stereocenters. The lowest BCUT2D eigenvalue weighted by molar-refractivity contribution is 0.474. The third-order valence-electron chi connectivity index (χ3n) is 4.60. The largest absolute Gasteiger partial charge is 0.508 e. The second kappa shape index (κ2) is 6.60. The molecule has 0 fully saturated rings. The molecule has 1 aromatic heterocycles. The molecule has 0 spiro atoms. The zero-order chi connectivity index (χ0) is 19.0. The van der Waals surface area contributed by atoms with Crippen molar-refractivity contribution in [1.82, 2.24) is 9.97 Å². The quantitative estimate of drug-likeness (QED) is 0.393. The van der Waals surface area contributed by atoms with Crippen LogP contribution in [-0.4, -0.2) is 15.1 Å². The molecule has 136 valence electrons. The molecule has 4 N–H and O–H groups in total. The summed E-state index contributed by atoms with van der Waals surface area (Å²) in [6.45, 7) is 2.27. The lowest BCUT2D eigenvalue weighted by Gasteiger charge is -2.20. The van der Waals surface area contributed by atoms with E-state index in [1.54, 1.807) is 24.5 Å². The average molecular weight is 362 g/mol. The Bertz CT molecular complexity index is 1190. The van der Waals surface area contributed by atoms with Gasteiger partial charge < -0.3 is 20.7 Å². The molecule has 7 nitrogen and oxygen atoms in total. The Morgan fingerprint density at radius 1 is 1.11 bits per heavy atom. The van der Waals surface area contributed by atoms with Gasteiger partial charge in [0.25, 0.3) is 10.9 Å². The number of nitrogens with zero attached hydrogens (tertiary/aromatic N) is 1. The van der Waals surface area contributed by atoms with Gasteiger partial charge in [0, 0.05) is 12.6 Å². The third kappa shape index (κ3) is 3.15. The first-order valence-electron chi connectivity index (χ1n) is 8.57. The number of imidazole rings is 1. The van der Waals surface area contributed by atoms with Crippen LogP contribution in [0.25, 0.3) is 11.0 Å². The number of hydrogen-bond acceptors (Lipinski definition) is 6. The molecule has 7 heteroatoms. The highest BCUT2D eigenvalue weighted by atomic mass is 16.3. The van der Waals surface area contributed by atoms with E-state index in [0.29, 0.717) is 6.54 Å². The molecule has 0 unspecified atom stereocenters. The van der Waals surface area contributed by atoms with Gasteiger partial charge in [-0.3, -0.25) is 9.59 Å². The molecule has 4 rings (SSSR count). The summed E-state index contributed by atoms with van der Waals surface area (Å²) in [4.78, 5) is 31.2. The highest BCUT2D eigenvalue weighted by Crippen LogP contribution is 2.25. The van der Waals surface area contributed by atoms with Crippen LogP contribution in [-0.2, 0) is 6.54 Å². The molecule has 0 amide bonds. The first-order valence-corrected chi connectivity index (χ1v) is 8.57. The molecular formula is C20H18N4O3. The van der Waals surface area contributed by atoms with E-state index in [1.165, 1.54) is 0 Å². The molecule has 0 aliphatic heterocycles. The molecule has 27 heavy (non-hydrogen) atoms.